The van der Waals surface area contributed by atoms with Crippen molar-refractivity contribution in [3.63, 3.8) is 0 Å². The van der Waals surface area contributed by atoms with Crippen LogP contribution in [-0.2, 0) is 7.05 Å². The van der Waals surface area contributed by atoms with E-state index in [-0.39, 0.29) is 0 Å². The van der Waals surface area contributed by atoms with Gasteiger partial charge in [-0.1, -0.05) is 0 Å². The molecule has 0 aliphatic carbocycles. The van der Waals surface area contributed by atoms with Gasteiger partial charge in [0.25, 0.3) is 0 Å². The van der Waals surface area contributed by atoms with E-state index in [2.05, 4.69) is 42.2 Å². The van der Waals surface area contributed by atoms with Crippen LogP contribution in [0.1, 0.15) is 78.6 Å². The zero-order valence-electron chi connectivity index (χ0n) is 17.5. The Hall–Kier alpha value is -1.11. The van der Waals surface area contributed by atoms with Crippen LogP contribution in [0.2, 0.25) is 3.43 Å². The van der Waals surface area contributed by atoms with E-state index in [4.69, 9.17) is 4.98 Å². The Labute approximate surface area is 175 Å². The molecule has 0 bridgehead atoms. The van der Waals surface area contributed by atoms with Crippen molar-refractivity contribution in [2.24, 2.45) is 7.05 Å². The van der Waals surface area contributed by atoms with Gasteiger partial charge in [-0.25, -0.2) is 0 Å². The van der Waals surface area contributed by atoms with E-state index < -0.39 is 21.1 Å². The Morgan fingerprint density at radius 2 is 1.67 bits per heavy atom. The molecular weight excluding hydrogens is 441 g/mol. The molecule has 1 N–H and O–H groups in total. The maximum atomic E-state index is 4.90. The van der Waals surface area contributed by atoms with Crippen molar-refractivity contribution >= 4 is 36.5 Å². The number of aryl methyl sites for hydroxylation is 1. The van der Waals surface area contributed by atoms with Crippen LogP contribution in [0, 0.1) is 0 Å². The molecule has 2 radical (unpaired) electrons. The molecule has 2 aromatic heterocycles. The molecule has 0 spiro atoms. The van der Waals surface area contributed by atoms with Gasteiger partial charge in [0, 0.05) is 0 Å². The van der Waals surface area contributed by atoms with Crippen LogP contribution < -0.4 is 9.03 Å². The first-order chi connectivity index (χ1) is 13.1. The average molecular weight is 476 g/mol. The molecule has 148 valence electrons. The summed E-state index contributed by atoms with van der Waals surface area (Å²) >= 11 is -0.826. The van der Waals surface area contributed by atoms with Gasteiger partial charge >= 0.3 is 175 Å². The van der Waals surface area contributed by atoms with Crippen molar-refractivity contribution in [2.45, 2.75) is 82.0 Å². The molecule has 0 saturated carbocycles. The second-order valence-corrected chi connectivity index (χ2v) is 12.7. The summed E-state index contributed by atoms with van der Waals surface area (Å²) in [6.07, 6.45) is 17.7. The monoisotopic (exact) mass is 477 g/mol. The van der Waals surface area contributed by atoms with Gasteiger partial charge in [0.2, 0.25) is 0 Å². The zero-order chi connectivity index (χ0) is 19.5. The number of nitrogens with zero attached hydrogens (tertiary/aromatic N) is 4. The molecule has 2 rings (SSSR count). The van der Waals surface area contributed by atoms with Crippen LogP contribution >= 0.6 is 0 Å². The van der Waals surface area contributed by atoms with Crippen molar-refractivity contribution in [2.75, 3.05) is 5.32 Å². The number of hydrogen-bond acceptors (Lipinski definition) is 4. The van der Waals surface area contributed by atoms with Gasteiger partial charge in [-0.2, -0.15) is 0 Å². The molecule has 0 atom stereocenters. The third-order valence-electron chi connectivity index (χ3n) is 5.04. The van der Waals surface area contributed by atoms with Crippen molar-refractivity contribution < 1.29 is 0 Å². The number of hydrogen-bond donors (Lipinski definition) is 1. The summed E-state index contributed by atoms with van der Waals surface area (Å²) in [5.41, 5.74) is 0.939. The normalized spacial score (nSPS) is 11.7. The average Bonchev–Trinajstić information content (AvgIpc) is 3.08. The molecule has 5 nitrogen and oxygen atoms in total. The molecule has 0 aromatic carbocycles. The minimum atomic E-state index is -0.826. The third kappa shape index (κ3) is 7.43. The van der Waals surface area contributed by atoms with Crippen LogP contribution in [0.3, 0.4) is 0 Å². The number of rotatable bonds is 13. The van der Waals surface area contributed by atoms with Crippen LogP contribution in [-0.4, -0.2) is 40.9 Å². The summed E-state index contributed by atoms with van der Waals surface area (Å²) in [4.78, 5) is 9.33. The number of anilines is 2. The first kappa shape index (κ1) is 22.2. The van der Waals surface area contributed by atoms with Gasteiger partial charge in [0.05, 0.1) is 0 Å². The predicted octanol–water partition coefficient (Wildman–Crippen LogP) is 5.01. The van der Waals surface area contributed by atoms with E-state index in [0.717, 1.165) is 5.69 Å². The van der Waals surface area contributed by atoms with E-state index in [1.54, 1.807) is 4.68 Å². The Morgan fingerprint density at radius 1 is 1.04 bits per heavy atom. The SMILES string of the molecule is CCCC[C](CCCC)(CCCC)[Sn][c]1ccnc(Nc2cnn(C)c2)n1. The molecule has 2 aromatic rings. The first-order valence-corrected chi connectivity index (χ1v) is 13.3. The number of unbranched alkanes of at least 4 members (excludes halogenated alkanes) is 3. The van der Waals surface area contributed by atoms with Crippen molar-refractivity contribution in [1.29, 1.82) is 0 Å². The summed E-state index contributed by atoms with van der Waals surface area (Å²) in [6.45, 7) is 6.95. The van der Waals surface area contributed by atoms with E-state index >= 15 is 0 Å². The van der Waals surface area contributed by atoms with Gasteiger partial charge in [0.15, 0.2) is 0 Å². The molecule has 0 amide bonds. The second-order valence-electron chi connectivity index (χ2n) is 7.51. The van der Waals surface area contributed by atoms with Gasteiger partial charge in [0.1, 0.15) is 0 Å². The van der Waals surface area contributed by atoms with Gasteiger partial charge in [-0.05, 0) is 0 Å². The summed E-state index contributed by atoms with van der Waals surface area (Å²) in [7, 11) is 1.92. The Kier molecular flexibility index (Phi) is 9.59. The van der Waals surface area contributed by atoms with E-state index in [1.165, 1.54) is 61.5 Å². The standard InChI is InChI=1S/C13H27.C8H8N5.Sn/c1-4-7-10-13(11-8-5-2)12-9-6-3;1-13-6-7(5-11-13)12-8-9-3-2-4-10-8;/h4-12H2,1-3H3;2-3,5-6H,1H3,(H,9,10,12);. The fourth-order valence-corrected chi connectivity index (χ4v) is 8.53. The van der Waals surface area contributed by atoms with E-state index in [0.29, 0.717) is 9.38 Å². The van der Waals surface area contributed by atoms with Crippen LogP contribution in [0.25, 0.3) is 0 Å². The van der Waals surface area contributed by atoms with Gasteiger partial charge in [-0.15, -0.1) is 0 Å². The first-order valence-electron chi connectivity index (χ1n) is 10.5. The van der Waals surface area contributed by atoms with E-state index in [1.807, 2.05) is 25.6 Å². The molecule has 2 heterocycles. The zero-order valence-corrected chi connectivity index (χ0v) is 20.3. The van der Waals surface area contributed by atoms with Crippen molar-refractivity contribution in [3.05, 3.63) is 24.7 Å². The maximum absolute atomic E-state index is 4.90. The Balaban J connectivity index is 2.17. The molecule has 0 fully saturated rings. The van der Waals surface area contributed by atoms with Crippen LogP contribution in [0.15, 0.2) is 24.7 Å². The third-order valence-corrected chi connectivity index (χ3v) is 10.2. The summed E-state index contributed by atoms with van der Waals surface area (Å²) in [5, 5.41) is 7.51. The predicted molar refractivity (Wildman–Crippen MR) is 115 cm³/mol. The van der Waals surface area contributed by atoms with Gasteiger partial charge < -0.3 is 0 Å². The van der Waals surface area contributed by atoms with E-state index in [9.17, 15) is 0 Å². The number of aromatic nitrogens is 4. The molecule has 0 saturated heterocycles. The molecule has 0 aliphatic rings. The summed E-state index contributed by atoms with van der Waals surface area (Å²) < 4.78 is 3.66. The fourth-order valence-electron chi connectivity index (χ4n) is 3.48. The summed E-state index contributed by atoms with van der Waals surface area (Å²) in [5.74, 6) is 0.705. The quantitative estimate of drug-likeness (QED) is 0.413. The number of nitrogens with one attached hydrogen (secondary N) is 1. The molecule has 0 unspecified atom stereocenters. The molecule has 6 heteroatoms. The summed E-state index contributed by atoms with van der Waals surface area (Å²) in [6, 6.07) is 2.17. The van der Waals surface area contributed by atoms with Gasteiger partial charge in [-0.3, -0.25) is 0 Å². The minimum absolute atomic E-state index is 0.547. The molecule has 0 aliphatic heterocycles. The Bertz CT molecular complexity index is 648. The molecular formula is C21H35N5Sn. The molecule has 27 heavy (non-hydrogen) atoms. The fraction of sp³-hybridized carbons (Fsp3) is 0.667. The van der Waals surface area contributed by atoms with Crippen molar-refractivity contribution in [3.8, 4) is 0 Å². The van der Waals surface area contributed by atoms with Crippen molar-refractivity contribution in [1.82, 2.24) is 19.7 Å². The van der Waals surface area contributed by atoms with Crippen LogP contribution in [0.5, 0.6) is 0 Å². The Morgan fingerprint density at radius 3 is 2.19 bits per heavy atom. The topological polar surface area (TPSA) is 55.6 Å². The second kappa shape index (κ2) is 11.7. The van der Waals surface area contributed by atoms with Crippen LogP contribution in [0.4, 0.5) is 11.6 Å².